The van der Waals surface area contributed by atoms with E-state index in [0.29, 0.717) is 16.7 Å². The van der Waals surface area contributed by atoms with Gasteiger partial charge in [-0.1, -0.05) is 24.3 Å². The lowest BCUT2D eigenvalue weighted by Crippen LogP contribution is -2.11. The van der Waals surface area contributed by atoms with Crippen molar-refractivity contribution in [2.45, 2.75) is 12.8 Å². The number of benzene rings is 2. The van der Waals surface area contributed by atoms with Gasteiger partial charge in [-0.15, -0.1) is 0 Å². The Bertz CT molecular complexity index is 621. The highest BCUT2D eigenvalue weighted by Gasteiger charge is 2.17. The van der Waals surface area contributed by atoms with Crippen LogP contribution in [0, 0.1) is 11.6 Å². The fourth-order valence-electron chi connectivity index (χ4n) is 1.98. The van der Waals surface area contributed by atoms with E-state index in [0.717, 1.165) is 0 Å². The number of hydrogen-bond donors (Lipinski definition) is 0. The van der Waals surface area contributed by atoms with Gasteiger partial charge in [-0.3, -0.25) is 4.79 Å². The quantitative estimate of drug-likeness (QED) is 0.794. The molecule has 2 aromatic carbocycles. The zero-order chi connectivity index (χ0) is 14.7. The summed E-state index contributed by atoms with van der Waals surface area (Å²) in [6.45, 7) is 1.65. The smallest absolute Gasteiger partial charge is 0.312 e. The minimum Gasteiger partial charge on any atom is -0.469 e. The lowest BCUT2D eigenvalue weighted by Gasteiger charge is -2.11. The molecule has 0 aliphatic rings. The molecule has 0 bridgehead atoms. The van der Waals surface area contributed by atoms with E-state index in [-0.39, 0.29) is 5.82 Å². The van der Waals surface area contributed by atoms with Crippen LogP contribution >= 0.6 is 0 Å². The summed E-state index contributed by atoms with van der Waals surface area (Å²) in [4.78, 5) is 11.4. The maximum atomic E-state index is 14.1. The van der Waals surface area contributed by atoms with Crippen LogP contribution in [0.15, 0.2) is 42.5 Å². The SMILES string of the molecule is COC(=O)C(C)c1ccc(-c2ccc(F)cc2)c(F)c1. The molecule has 0 spiro atoms. The second-order valence-electron chi connectivity index (χ2n) is 4.49. The summed E-state index contributed by atoms with van der Waals surface area (Å²) in [5, 5.41) is 0. The van der Waals surface area contributed by atoms with Gasteiger partial charge in [0.15, 0.2) is 0 Å². The zero-order valence-corrected chi connectivity index (χ0v) is 11.2. The second-order valence-corrected chi connectivity index (χ2v) is 4.49. The number of esters is 1. The minimum absolute atomic E-state index is 0.366. The Labute approximate surface area is 116 Å². The van der Waals surface area contributed by atoms with Crippen LogP contribution in [0.1, 0.15) is 18.4 Å². The first-order valence-corrected chi connectivity index (χ1v) is 6.16. The van der Waals surface area contributed by atoms with Crippen LogP contribution in [0.25, 0.3) is 11.1 Å². The summed E-state index contributed by atoms with van der Waals surface area (Å²) in [6, 6.07) is 10.1. The predicted octanol–water partition coefficient (Wildman–Crippen LogP) is 3.91. The number of methoxy groups -OCH3 is 1. The maximum absolute atomic E-state index is 14.1. The Morgan fingerprint density at radius 1 is 1.10 bits per heavy atom. The number of hydrogen-bond acceptors (Lipinski definition) is 2. The third kappa shape index (κ3) is 2.85. The second kappa shape index (κ2) is 5.82. The van der Waals surface area contributed by atoms with Crippen molar-refractivity contribution >= 4 is 5.97 Å². The molecule has 0 heterocycles. The van der Waals surface area contributed by atoms with Crippen molar-refractivity contribution in [1.29, 1.82) is 0 Å². The highest BCUT2D eigenvalue weighted by atomic mass is 19.1. The van der Waals surface area contributed by atoms with E-state index in [9.17, 15) is 13.6 Å². The summed E-state index contributed by atoms with van der Waals surface area (Å²) < 4.78 is 31.6. The Kier molecular flexibility index (Phi) is 4.13. The van der Waals surface area contributed by atoms with Crippen LogP contribution in [-0.2, 0) is 9.53 Å². The van der Waals surface area contributed by atoms with Gasteiger partial charge in [0.25, 0.3) is 0 Å². The van der Waals surface area contributed by atoms with Gasteiger partial charge >= 0.3 is 5.97 Å². The summed E-state index contributed by atoms with van der Waals surface area (Å²) in [7, 11) is 1.29. The van der Waals surface area contributed by atoms with E-state index >= 15 is 0 Å². The summed E-state index contributed by atoms with van der Waals surface area (Å²) >= 11 is 0. The first kappa shape index (κ1) is 14.2. The van der Waals surface area contributed by atoms with Crippen molar-refractivity contribution in [2.75, 3.05) is 7.11 Å². The van der Waals surface area contributed by atoms with Crippen LogP contribution in [0.3, 0.4) is 0 Å². The monoisotopic (exact) mass is 276 g/mol. The average molecular weight is 276 g/mol. The third-order valence-corrected chi connectivity index (χ3v) is 3.20. The van der Waals surface area contributed by atoms with Crippen molar-refractivity contribution in [3.05, 3.63) is 59.7 Å². The predicted molar refractivity (Wildman–Crippen MR) is 72.2 cm³/mol. The molecule has 0 aliphatic heterocycles. The number of rotatable bonds is 3. The Balaban J connectivity index is 2.35. The van der Waals surface area contributed by atoms with Gasteiger partial charge in [0.05, 0.1) is 13.0 Å². The summed E-state index contributed by atoms with van der Waals surface area (Å²) in [5.41, 5.74) is 1.49. The Morgan fingerprint density at radius 2 is 1.75 bits per heavy atom. The molecule has 20 heavy (non-hydrogen) atoms. The molecule has 1 atom stereocenters. The van der Waals surface area contributed by atoms with Gasteiger partial charge in [-0.05, 0) is 36.2 Å². The van der Waals surface area contributed by atoms with Gasteiger partial charge in [-0.25, -0.2) is 8.78 Å². The van der Waals surface area contributed by atoms with Crippen molar-refractivity contribution in [2.24, 2.45) is 0 Å². The molecule has 0 aromatic heterocycles. The van der Waals surface area contributed by atoms with E-state index < -0.39 is 17.7 Å². The van der Waals surface area contributed by atoms with Crippen LogP contribution in [-0.4, -0.2) is 13.1 Å². The van der Waals surface area contributed by atoms with Crippen LogP contribution in [0.5, 0.6) is 0 Å². The molecule has 0 fully saturated rings. The normalized spacial score (nSPS) is 12.0. The molecule has 0 aliphatic carbocycles. The number of ether oxygens (including phenoxy) is 1. The molecule has 2 rings (SSSR count). The van der Waals surface area contributed by atoms with Crippen LogP contribution in [0.4, 0.5) is 8.78 Å². The molecule has 0 amide bonds. The fourth-order valence-corrected chi connectivity index (χ4v) is 1.98. The van der Waals surface area contributed by atoms with Gasteiger partial charge in [0.2, 0.25) is 0 Å². The van der Waals surface area contributed by atoms with Crippen molar-refractivity contribution in [3.8, 4) is 11.1 Å². The first-order valence-electron chi connectivity index (χ1n) is 6.16. The highest BCUT2D eigenvalue weighted by molar-refractivity contribution is 5.78. The van der Waals surface area contributed by atoms with Gasteiger partial charge in [-0.2, -0.15) is 0 Å². The van der Waals surface area contributed by atoms with Crippen molar-refractivity contribution in [1.82, 2.24) is 0 Å². The number of carbonyl (C=O) groups is 1. The van der Waals surface area contributed by atoms with Gasteiger partial charge < -0.3 is 4.74 Å². The Hall–Kier alpha value is -2.23. The molecular weight excluding hydrogens is 262 g/mol. The molecule has 0 N–H and O–H groups in total. The standard InChI is InChI=1S/C16H14F2O2/c1-10(16(19)20-2)12-5-8-14(15(18)9-12)11-3-6-13(17)7-4-11/h3-10H,1-2H3. The fraction of sp³-hybridized carbons (Fsp3) is 0.188. The first-order chi connectivity index (χ1) is 9.52. The highest BCUT2D eigenvalue weighted by Crippen LogP contribution is 2.26. The van der Waals surface area contributed by atoms with E-state index in [1.54, 1.807) is 19.1 Å². The molecule has 2 aromatic rings. The molecule has 0 saturated carbocycles. The molecular formula is C16H14F2O2. The maximum Gasteiger partial charge on any atom is 0.312 e. The van der Waals surface area contributed by atoms with E-state index in [2.05, 4.69) is 4.74 Å². The van der Waals surface area contributed by atoms with Crippen LogP contribution in [0.2, 0.25) is 0 Å². The molecule has 2 nitrogen and oxygen atoms in total. The third-order valence-electron chi connectivity index (χ3n) is 3.20. The van der Waals surface area contributed by atoms with Gasteiger partial charge in [0, 0.05) is 5.56 Å². The number of carbonyl (C=O) groups excluding carboxylic acids is 1. The Morgan fingerprint density at radius 3 is 2.30 bits per heavy atom. The van der Waals surface area contributed by atoms with Crippen LogP contribution < -0.4 is 0 Å². The van der Waals surface area contributed by atoms with Crippen molar-refractivity contribution in [3.63, 3.8) is 0 Å². The summed E-state index contributed by atoms with van der Waals surface area (Å²) in [6.07, 6.45) is 0. The van der Waals surface area contributed by atoms with Crippen molar-refractivity contribution < 1.29 is 18.3 Å². The number of halogens is 2. The lowest BCUT2D eigenvalue weighted by atomic mass is 9.97. The summed E-state index contributed by atoms with van der Waals surface area (Å²) in [5.74, 6) is -1.77. The van der Waals surface area contributed by atoms with Gasteiger partial charge in [0.1, 0.15) is 11.6 Å². The molecule has 104 valence electrons. The van der Waals surface area contributed by atoms with E-state index in [4.69, 9.17) is 0 Å². The van der Waals surface area contributed by atoms with E-state index in [1.807, 2.05) is 0 Å². The molecule has 1 unspecified atom stereocenters. The lowest BCUT2D eigenvalue weighted by molar-refractivity contribution is -0.141. The molecule has 4 heteroatoms. The minimum atomic E-state index is -0.531. The average Bonchev–Trinajstić information content (AvgIpc) is 2.46. The molecule has 0 radical (unpaired) electrons. The topological polar surface area (TPSA) is 26.3 Å². The largest absolute Gasteiger partial charge is 0.469 e. The molecule has 0 saturated heterocycles. The zero-order valence-electron chi connectivity index (χ0n) is 11.2. The van der Waals surface area contributed by atoms with E-state index in [1.165, 1.54) is 37.4 Å².